The quantitative estimate of drug-likeness (QED) is 0.495. The van der Waals surface area contributed by atoms with E-state index in [0.717, 1.165) is 28.8 Å². The third kappa shape index (κ3) is 4.04. The topological polar surface area (TPSA) is 66.6 Å². The average molecular weight is 391 g/mol. The fourth-order valence-electron chi connectivity index (χ4n) is 3.58. The van der Waals surface area contributed by atoms with Crippen LogP contribution >= 0.6 is 0 Å². The number of hydroxylamine groups is 2. The van der Waals surface area contributed by atoms with E-state index in [-0.39, 0.29) is 18.1 Å². The molecule has 0 saturated heterocycles. The molecule has 6 nitrogen and oxygen atoms in total. The van der Waals surface area contributed by atoms with Crippen molar-refractivity contribution in [3.05, 3.63) is 78.0 Å². The van der Waals surface area contributed by atoms with E-state index in [1.54, 1.807) is 7.11 Å². The van der Waals surface area contributed by atoms with Gasteiger partial charge in [-0.05, 0) is 48.9 Å². The molecule has 2 aromatic carbocycles. The molecule has 2 heterocycles. The smallest absolute Gasteiger partial charge is 0.277 e. The Balaban J connectivity index is 1.54. The van der Waals surface area contributed by atoms with Gasteiger partial charge in [-0.15, -0.1) is 0 Å². The Bertz CT molecular complexity index is 1010. The van der Waals surface area contributed by atoms with Crippen molar-refractivity contribution in [2.75, 3.05) is 20.2 Å². The van der Waals surface area contributed by atoms with Crippen LogP contribution in [-0.2, 0) is 4.84 Å². The number of carbonyl (C=O) groups excluding carboxylic acids is 1. The van der Waals surface area contributed by atoms with Crippen LogP contribution in [0.4, 0.5) is 0 Å². The first-order valence-electron chi connectivity index (χ1n) is 9.79. The van der Waals surface area contributed by atoms with E-state index in [1.807, 2.05) is 73.8 Å². The summed E-state index contributed by atoms with van der Waals surface area (Å²) in [5, 5.41) is 5.90. The number of benzene rings is 2. The summed E-state index contributed by atoms with van der Waals surface area (Å²) in [6.07, 6.45) is 5.60. The highest BCUT2D eigenvalue weighted by molar-refractivity contribution is 5.97. The lowest BCUT2D eigenvalue weighted by Crippen LogP contribution is -2.42. The number of hydrogen-bond acceptors (Lipinski definition) is 4. The van der Waals surface area contributed by atoms with Crippen molar-refractivity contribution >= 4 is 16.8 Å². The number of amides is 1. The monoisotopic (exact) mass is 391 g/mol. The summed E-state index contributed by atoms with van der Waals surface area (Å²) in [6.45, 7) is 3.11. The molecule has 1 aliphatic rings. The predicted octanol–water partition coefficient (Wildman–Crippen LogP) is 3.84. The van der Waals surface area contributed by atoms with Crippen molar-refractivity contribution in [2.24, 2.45) is 0 Å². The number of nitrogens with one attached hydrogen (secondary N) is 2. The molecule has 4 rings (SSSR count). The third-order valence-electron chi connectivity index (χ3n) is 5.15. The molecule has 0 aliphatic carbocycles. The van der Waals surface area contributed by atoms with E-state index in [1.165, 1.54) is 5.06 Å². The maximum atomic E-state index is 13.1. The molecule has 1 amide bonds. The Hall–Kier alpha value is -3.09. The lowest BCUT2D eigenvalue weighted by atomic mass is 9.98. The first-order chi connectivity index (χ1) is 14.2. The number of H-pyrrole nitrogens is 1. The predicted molar refractivity (Wildman–Crippen MR) is 113 cm³/mol. The number of ether oxygens (including phenoxy) is 1. The van der Waals surface area contributed by atoms with Gasteiger partial charge in [0.25, 0.3) is 5.91 Å². The molecule has 0 fully saturated rings. The second-order valence-electron chi connectivity index (χ2n) is 6.94. The van der Waals surface area contributed by atoms with Gasteiger partial charge >= 0.3 is 0 Å². The highest BCUT2D eigenvalue weighted by Crippen LogP contribution is 2.26. The van der Waals surface area contributed by atoms with Crippen LogP contribution in [0.5, 0.6) is 5.75 Å². The normalized spacial score (nSPS) is 18.7. The van der Waals surface area contributed by atoms with Crippen LogP contribution in [0.3, 0.4) is 0 Å². The number of aromatic nitrogens is 1. The molecule has 2 N–H and O–H groups in total. The molecule has 2 atom stereocenters. The van der Waals surface area contributed by atoms with Crippen molar-refractivity contribution in [2.45, 2.75) is 19.1 Å². The lowest BCUT2D eigenvalue weighted by molar-refractivity contribution is -0.156. The zero-order valence-electron chi connectivity index (χ0n) is 16.6. The van der Waals surface area contributed by atoms with E-state index in [4.69, 9.17) is 9.57 Å². The van der Waals surface area contributed by atoms with E-state index in [9.17, 15) is 4.79 Å². The molecule has 29 heavy (non-hydrogen) atoms. The molecule has 0 saturated carbocycles. The van der Waals surface area contributed by atoms with Crippen LogP contribution < -0.4 is 10.1 Å². The highest BCUT2D eigenvalue weighted by atomic mass is 16.7. The number of rotatable bonds is 6. The summed E-state index contributed by atoms with van der Waals surface area (Å²) in [5.41, 5.74) is 2.69. The molecule has 0 radical (unpaired) electrons. The molecular formula is C23H25N3O3. The molecule has 150 valence electrons. The van der Waals surface area contributed by atoms with Crippen molar-refractivity contribution < 1.29 is 14.4 Å². The third-order valence-corrected chi connectivity index (χ3v) is 5.15. The summed E-state index contributed by atoms with van der Waals surface area (Å²) >= 11 is 0. The number of nitrogens with zero attached hydrogens (tertiary/aromatic N) is 1. The zero-order chi connectivity index (χ0) is 20.2. The second-order valence-corrected chi connectivity index (χ2v) is 6.94. The maximum absolute atomic E-state index is 13.1. The van der Waals surface area contributed by atoms with Gasteiger partial charge in [0.05, 0.1) is 13.2 Å². The first kappa shape index (κ1) is 19.2. The second kappa shape index (κ2) is 8.51. The molecule has 0 bridgehead atoms. The summed E-state index contributed by atoms with van der Waals surface area (Å²) < 4.78 is 5.25. The Morgan fingerprint density at radius 1 is 1.17 bits per heavy atom. The standard InChI is InChI=1S/C23H25N3O3/c1-3-26(23(27)18-8-11-20-17(15-18)12-14-24-20)29-21-5-4-13-25-22(21)16-6-9-19(28-2)10-7-16/h4-12,14-15,21-22,24-25H,3,13H2,1-2H3. The number of methoxy groups -OCH3 is 1. The van der Waals surface area contributed by atoms with Crippen LogP contribution in [0, 0.1) is 0 Å². The number of aromatic amines is 1. The minimum Gasteiger partial charge on any atom is -0.497 e. The Morgan fingerprint density at radius 2 is 2.00 bits per heavy atom. The Labute approximate surface area is 170 Å². The van der Waals surface area contributed by atoms with Crippen molar-refractivity contribution in [3.8, 4) is 5.75 Å². The molecule has 1 aliphatic heterocycles. The van der Waals surface area contributed by atoms with Crippen molar-refractivity contribution in [1.82, 2.24) is 15.4 Å². The first-order valence-corrected chi connectivity index (χ1v) is 9.79. The molecule has 3 aromatic rings. The van der Waals surface area contributed by atoms with E-state index < -0.39 is 0 Å². The largest absolute Gasteiger partial charge is 0.497 e. The average Bonchev–Trinajstić information content (AvgIpc) is 3.25. The van der Waals surface area contributed by atoms with Gasteiger partial charge in [-0.25, -0.2) is 5.06 Å². The summed E-state index contributed by atoms with van der Waals surface area (Å²) in [5.74, 6) is 0.658. The summed E-state index contributed by atoms with van der Waals surface area (Å²) in [6, 6.07) is 15.4. The Kier molecular flexibility index (Phi) is 5.64. The van der Waals surface area contributed by atoms with E-state index >= 15 is 0 Å². The number of hydrogen-bond donors (Lipinski definition) is 2. The van der Waals surface area contributed by atoms with Crippen LogP contribution in [0.2, 0.25) is 0 Å². The molecule has 0 spiro atoms. The summed E-state index contributed by atoms with van der Waals surface area (Å²) in [4.78, 5) is 22.4. The van der Waals surface area contributed by atoms with Crippen LogP contribution in [0.25, 0.3) is 10.9 Å². The van der Waals surface area contributed by atoms with Gasteiger partial charge in [0.1, 0.15) is 11.9 Å². The van der Waals surface area contributed by atoms with Gasteiger partial charge in [0, 0.05) is 35.8 Å². The summed E-state index contributed by atoms with van der Waals surface area (Å²) in [7, 11) is 1.65. The van der Waals surface area contributed by atoms with Crippen molar-refractivity contribution in [1.29, 1.82) is 0 Å². The minimum absolute atomic E-state index is 0.0556. The van der Waals surface area contributed by atoms with Gasteiger partial charge < -0.3 is 15.0 Å². The highest BCUT2D eigenvalue weighted by Gasteiger charge is 2.28. The molecule has 6 heteroatoms. The van der Waals surface area contributed by atoms with Crippen molar-refractivity contribution in [3.63, 3.8) is 0 Å². The molecule has 2 unspecified atom stereocenters. The van der Waals surface area contributed by atoms with Crippen LogP contribution in [-0.4, -0.2) is 42.3 Å². The lowest BCUT2D eigenvalue weighted by Gasteiger charge is -2.33. The van der Waals surface area contributed by atoms with Gasteiger partial charge in [0.2, 0.25) is 0 Å². The number of fused-ring (bicyclic) bond motifs is 1. The maximum Gasteiger partial charge on any atom is 0.277 e. The van der Waals surface area contributed by atoms with Gasteiger partial charge in [0.15, 0.2) is 0 Å². The SMILES string of the molecule is CCN(OC1C=CCNC1c1ccc(OC)cc1)C(=O)c1ccc2[nH]ccc2c1. The van der Waals surface area contributed by atoms with E-state index in [0.29, 0.717) is 12.1 Å². The minimum atomic E-state index is -0.294. The van der Waals surface area contributed by atoms with Gasteiger partial charge in [-0.2, -0.15) is 0 Å². The molecular weight excluding hydrogens is 366 g/mol. The van der Waals surface area contributed by atoms with Gasteiger partial charge in [-0.3, -0.25) is 9.63 Å². The fraction of sp³-hybridized carbons (Fsp3) is 0.261. The Morgan fingerprint density at radius 3 is 2.76 bits per heavy atom. The molecule has 1 aromatic heterocycles. The van der Waals surface area contributed by atoms with Crippen LogP contribution in [0.15, 0.2) is 66.9 Å². The van der Waals surface area contributed by atoms with Crippen LogP contribution in [0.1, 0.15) is 28.9 Å². The zero-order valence-corrected chi connectivity index (χ0v) is 16.6. The van der Waals surface area contributed by atoms with Gasteiger partial charge in [-0.1, -0.05) is 24.3 Å². The number of carbonyl (C=O) groups is 1. The fourth-order valence-corrected chi connectivity index (χ4v) is 3.58. The van der Waals surface area contributed by atoms with E-state index in [2.05, 4.69) is 10.3 Å².